The molecule has 96 valence electrons. The Morgan fingerprint density at radius 3 is 2.16 bits per heavy atom. The molecule has 0 fully saturated rings. The smallest absolute Gasteiger partial charge is 0.191 e. The van der Waals surface area contributed by atoms with Crippen molar-refractivity contribution < 1.29 is 4.79 Å². The molecule has 0 atom stereocenters. The zero-order valence-corrected chi connectivity index (χ0v) is 11.2. The molecular weight excluding hydrogens is 260 g/mol. The van der Waals surface area contributed by atoms with E-state index in [1.165, 1.54) is 6.92 Å². The molecule has 0 spiro atoms. The van der Waals surface area contributed by atoms with Crippen molar-refractivity contribution in [3.05, 3.63) is 54.6 Å². The first-order chi connectivity index (χ1) is 9.16. The van der Waals surface area contributed by atoms with Crippen LogP contribution in [0.1, 0.15) is 6.92 Å². The van der Waals surface area contributed by atoms with Crippen LogP contribution in [0.15, 0.2) is 59.7 Å². The van der Waals surface area contributed by atoms with Gasteiger partial charge in [0.2, 0.25) is 0 Å². The van der Waals surface area contributed by atoms with E-state index in [9.17, 15) is 4.79 Å². The van der Waals surface area contributed by atoms with Crippen LogP contribution in [-0.2, 0) is 4.79 Å². The lowest BCUT2D eigenvalue weighted by Crippen LogP contribution is -2.04. The first-order valence-corrected chi connectivity index (χ1v) is 6.20. The summed E-state index contributed by atoms with van der Waals surface area (Å²) < 4.78 is 0. The van der Waals surface area contributed by atoms with Gasteiger partial charge in [-0.3, -0.25) is 10.2 Å². The molecule has 0 aromatic heterocycles. The van der Waals surface area contributed by atoms with E-state index in [2.05, 4.69) is 10.5 Å². The average molecular weight is 273 g/mol. The van der Waals surface area contributed by atoms with Crippen LogP contribution in [0.3, 0.4) is 0 Å². The van der Waals surface area contributed by atoms with Crippen molar-refractivity contribution >= 4 is 28.2 Å². The minimum atomic E-state index is -0.268. The molecule has 2 aromatic rings. The Labute approximate surface area is 116 Å². The molecule has 0 heterocycles. The van der Waals surface area contributed by atoms with E-state index in [1.807, 2.05) is 54.6 Å². The normalized spacial score (nSPS) is 11.2. The Balaban J connectivity index is 2.11. The number of rotatable bonds is 4. The highest BCUT2D eigenvalue weighted by Crippen LogP contribution is 2.20. The number of hydrogen-bond acceptors (Lipinski definition) is 3. The average Bonchev–Trinajstić information content (AvgIpc) is 2.46. The number of nitrogens with one attached hydrogen (secondary N) is 1. The van der Waals surface area contributed by atoms with Gasteiger partial charge in [-0.2, -0.15) is 5.10 Å². The van der Waals surface area contributed by atoms with Gasteiger partial charge in [0.05, 0.1) is 5.69 Å². The highest BCUT2D eigenvalue weighted by molar-refractivity contribution is 6.82. The van der Waals surface area contributed by atoms with Crippen molar-refractivity contribution in [1.29, 1.82) is 0 Å². The number of hydrazone groups is 1. The lowest BCUT2D eigenvalue weighted by atomic mass is 10.1. The molecule has 4 heteroatoms. The molecule has 0 aliphatic rings. The number of carbonyl (C=O) groups is 1. The van der Waals surface area contributed by atoms with Gasteiger partial charge in [-0.25, -0.2) is 0 Å². The molecule has 0 aliphatic heterocycles. The highest BCUT2D eigenvalue weighted by Gasteiger charge is 2.00. The number of ketones is 1. The largest absolute Gasteiger partial charge is 0.292 e. The molecule has 19 heavy (non-hydrogen) atoms. The second-order valence-corrected chi connectivity index (χ2v) is 4.37. The fourth-order valence-corrected chi connectivity index (χ4v) is 1.60. The predicted octanol–water partition coefficient (Wildman–Crippen LogP) is 3.91. The molecule has 0 unspecified atom stereocenters. The third-order valence-electron chi connectivity index (χ3n) is 2.57. The molecule has 2 rings (SSSR count). The molecular formula is C15H13ClN2O. The quantitative estimate of drug-likeness (QED) is 0.677. The van der Waals surface area contributed by atoms with Crippen LogP contribution in [0.2, 0.25) is 0 Å². The lowest BCUT2D eigenvalue weighted by molar-refractivity contribution is -0.110. The van der Waals surface area contributed by atoms with E-state index in [1.54, 1.807) is 0 Å². The van der Waals surface area contributed by atoms with Gasteiger partial charge in [0, 0.05) is 6.92 Å². The molecule has 0 bridgehead atoms. The summed E-state index contributed by atoms with van der Waals surface area (Å²) in [5.41, 5.74) is 5.79. The van der Waals surface area contributed by atoms with E-state index in [4.69, 9.17) is 11.6 Å². The maximum atomic E-state index is 10.9. The number of nitrogens with zero attached hydrogens (tertiary/aromatic N) is 1. The summed E-state index contributed by atoms with van der Waals surface area (Å²) in [6.45, 7) is 1.37. The standard InChI is InChI=1S/C15H13ClN2O/c1-11(19)15(16)18-17-14-9-7-13(8-10-14)12-5-3-2-4-6-12/h2-10,17H,1H3. The van der Waals surface area contributed by atoms with Crippen LogP contribution < -0.4 is 5.43 Å². The summed E-state index contributed by atoms with van der Waals surface area (Å²) in [5, 5.41) is 3.72. The van der Waals surface area contributed by atoms with E-state index in [0.29, 0.717) is 0 Å². The van der Waals surface area contributed by atoms with Gasteiger partial charge in [-0.1, -0.05) is 54.1 Å². The topological polar surface area (TPSA) is 41.5 Å². The van der Waals surface area contributed by atoms with Crippen LogP contribution in [0.25, 0.3) is 11.1 Å². The van der Waals surface area contributed by atoms with E-state index >= 15 is 0 Å². The van der Waals surface area contributed by atoms with Crippen LogP contribution in [0.5, 0.6) is 0 Å². The number of carbonyl (C=O) groups excluding carboxylic acids is 1. The number of hydrogen-bond donors (Lipinski definition) is 1. The van der Waals surface area contributed by atoms with E-state index < -0.39 is 0 Å². The van der Waals surface area contributed by atoms with Crippen molar-refractivity contribution in [3.8, 4) is 11.1 Å². The monoisotopic (exact) mass is 272 g/mol. The van der Waals surface area contributed by atoms with Gasteiger partial charge in [-0.15, -0.1) is 0 Å². The number of benzene rings is 2. The summed E-state index contributed by atoms with van der Waals surface area (Å²) in [6.07, 6.45) is 0. The van der Waals surface area contributed by atoms with Gasteiger partial charge in [0.1, 0.15) is 0 Å². The van der Waals surface area contributed by atoms with Gasteiger partial charge >= 0.3 is 0 Å². The van der Waals surface area contributed by atoms with E-state index in [-0.39, 0.29) is 11.0 Å². The maximum absolute atomic E-state index is 10.9. The Hall–Kier alpha value is -2.13. The van der Waals surface area contributed by atoms with Crippen LogP contribution >= 0.6 is 11.6 Å². The molecule has 0 radical (unpaired) electrons. The fraction of sp³-hybridized carbons (Fsp3) is 0.0667. The Morgan fingerprint density at radius 1 is 1.00 bits per heavy atom. The second kappa shape index (κ2) is 6.16. The summed E-state index contributed by atoms with van der Waals surface area (Å²) in [5.74, 6) is -0.268. The molecule has 0 saturated carbocycles. The minimum absolute atomic E-state index is 0.0628. The molecule has 0 amide bonds. The summed E-state index contributed by atoms with van der Waals surface area (Å²) in [4.78, 5) is 10.9. The lowest BCUT2D eigenvalue weighted by Gasteiger charge is -2.04. The van der Waals surface area contributed by atoms with Crippen molar-refractivity contribution in [1.82, 2.24) is 0 Å². The zero-order valence-electron chi connectivity index (χ0n) is 10.4. The zero-order chi connectivity index (χ0) is 13.7. The molecule has 3 nitrogen and oxygen atoms in total. The van der Waals surface area contributed by atoms with E-state index in [0.717, 1.165) is 16.8 Å². The number of Topliss-reactive ketones (excluding diaryl/α,β-unsaturated/α-hetero) is 1. The third-order valence-corrected chi connectivity index (χ3v) is 2.92. The molecule has 0 aliphatic carbocycles. The second-order valence-electron chi connectivity index (χ2n) is 4.01. The first-order valence-electron chi connectivity index (χ1n) is 5.82. The molecule has 0 saturated heterocycles. The summed E-state index contributed by atoms with van der Waals surface area (Å²) in [7, 11) is 0. The van der Waals surface area contributed by atoms with Crippen LogP contribution in [-0.4, -0.2) is 11.0 Å². The van der Waals surface area contributed by atoms with Gasteiger partial charge in [0.15, 0.2) is 11.0 Å². The van der Waals surface area contributed by atoms with Crippen molar-refractivity contribution in [3.63, 3.8) is 0 Å². The van der Waals surface area contributed by atoms with Crippen molar-refractivity contribution in [2.45, 2.75) is 6.92 Å². The fourth-order valence-electron chi connectivity index (χ4n) is 1.56. The van der Waals surface area contributed by atoms with Gasteiger partial charge in [0.25, 0.3) is 0 Å². The highest BCUT2D eigenvalue weighted by atomic mass is 35.5. The van der Waals surface area contributed by atoms with Gasteiger partial charge in [-0.05, 0) is 23.3 Å². The predicted molar refractivity (Wildman–Crippen MR) is 79.5 cm³/mol. The Bertz CT molecular complexity index is 591. The number of halogens is 1. The minimum Gasteiger partial charge on any atom is -0.292 e. The molecule has 1 N–H and O–H groups in total. The Morgan fingerprint density at radius 2 is 1.58 bits per heavy atom. The van der Waals surface area contributed by atoms with Crippen molar-refractivity contribution in [2.24, 2.45) is 5.10 Å². The van der Waals surface area contributed by atoms with Gasteiger partial charge < -0.3 is 0 Å². The van der Waals surface area contributed by atoms with Crippen LogP contribution in [0, 0.1) is 0 Å². The number of anilines is 1. The summed E-state index contributed by atoms with van der Waals surface area (Å²) >= 11 is 5.63. The maximum Gasteiger partial charge on any atom is 0.191 e. The summed E-state index contributed by atoms with van der Waals surface area (Å²) in [6, 6.07) is 17.8. The van der Waals surface area contributed by atoms with Crippen molar-refractivity contribution in [2.75, 3.05) is 5.43 Å². The Kier molecular flexibility index (Phi) is 4.31. The third kappa shape index (κ3) is 3.66. The van der Waals surface area contributed by atoms with Crippen LogP contribution in [0.4, 0.5) is 5.69 Å². The molecule has 2 aromatic carbocycles. The first kappa shape index (κ1) is 13.3. The SMILES string of the molecule is CC(=O)C(Cl)=NNc1ccc(-c2ccccc2)cc1.